The fourth-order valence-electron chi connectivity index (χ4n) is 2.43. The molecule has 1 amide bonds. The van der Waals surface area contributed by atoms with E-state index in [4.69, 9.17) is 0 Å². The molecule has 2 aromatic carbocycles. The molecule has 4 heteroatoms. The van der Waals surface area contributed by atoms with E-state index in [0.717, 1.165) is 15.7 Å². The Kier molecular flexibility index (Phi) is 5.75. The van der Waals surface area contributed by atoms with Crippen LogP contribution in [0.3, 0.4) is 0 Å². The van der Waals surface area contributed by atoms with Crippen molar-refractivity contribution in [2.24, 2.45) is 0 Å². The number of carbonyl (C=O) groups excluding carboxylic acids is 1. The van der Waals surface area contributed by atoms with Crippen LogP contribution in [0.1, 0.15) is 25.5 Å². The Morgan fingerprint density at radius 2 is 1.64 bits per heavy atom. The molecule has 0 saturated heterocycles. The number of halogens is 1. The van der Waals surface area contributed by atoms with Crippen molar-refractivity contribution >= 4 is 27.5 Å². The van der Waals surface area contributed by atoms with E-state index in [1.165, 1.54) is 0 Å². The zero-order valence-corrected chi connectivity index (χ0v) is 14.7. The zero-order chi connectivity index (χ0) is 16.1. The van der Waals surface area contributed by atoms with E-state index in [9.17, 15) is 4.79 Å². The van der Waals surface area contributed by atoms with Crippen LogP contribution in [0.25, 0.3) is 0 Å². The molecule has 0 aliphatic heterocycles. The molecule has 0 aliphatic carbocycles. The summed E-state index contributed by atoms with van der Waals surface area (Å²) in [6.45, 7) is 3.96. The van der Waals surface area contributed by atoms with Gasteiger partial charge in [-0.3, -0.25) is 10.1 Å². The van der Waals surface area contributed by atoms with Crippen molar-refractivity contribution in [2.45, 2.75) is 25.9 Å². The number of likely N-dealkylation sites (N-methyl/N-ethyl adjacent to an activating group) is 1. The summed E-state index contributed by atoms with van der Waals surface area (Å²) in [5.41, 5.74) is 2.04. The normalized spacial score (nSPS) is 13.5. The summed E-state index contributed by atoms with van der Waals surface area (Å²) in [6.07, 6.45) is 0. The van der Waals surface area contributed by atoms with Gasteiger partial charge in [0.05, 0.1) is 6.04 Å². The molecule has 3 nitrogen and oxygen atoms in total. The van der Waals surface area contributed by atoms with E-state index in [2.05, 4.69) is 34.2 Å². The first kappa shape index (κ1) is 16.7. The third-order valence-electron chi connectivity index (χ3n) is 3.72. The standard InChI is InChI=1S/C18H21BrN2O/c1-13(16-11-7-8-12-17(16)19)20-14(2)18(22)21(3)15-9-5-4-6-10-15/h4-14,20H,1-3H3/t13-,14-/m1/s1. The number of anilines is 1. The van der Waals surface area contributed by atoms with Crippen molar-refractivity contribution in [1.29, 1.82) is 0 Å². The molecule has 22 heavy (non-hydrogen) atoms. The van der Waals surface area contributed by atoms with Gasteiger partial charge >= 0.3 is 0 Å². The van der Waals surface area contributed by atoms with Crippen molar-refractivity contribution < 1.29 is 4.79 Å². The number of carbonyl (C=O) groups is 1. The second-order valence-electron chi connectivity index (χ2n) is 5.36. The second-order valence-corrected chi connectivity index (χ2v) is 6.22. The molecule has 116 valence electrons. The highest BCUT2D eigenvalue weighted by atomic mass is 79.9. The fourth-order valence-corrected chi connectivity index (χ4v) is 3.06. The second kappa shape index (κ2) is 7.56. The molecule has 2 aromatic rings. The predicted molar refractivity (Wildman–Crippen MR) is 95.0 cm³/mol. The van der Waals surface area contributed by atoms with Gasteiger partial charge in [-0.15, -0.1) is 0 Å². The van der Waals surface area contributed by atoms with Crippen LogP contribution >= 0.6 is 15.9 Å². The molecular weight excluding hydrogens is 340 g/mol. The molecule has 0 heterocycles. The van der Waals surface area contributed by atoms with Gasteiger partial charge in [0.1, 0.15) is 0 Å². The summed E-state index contributed by atoms with van der Waals surface area (Å²) in [4.78, 5) is 14.2. The highest BCUT2D eigenvalue weighted by molar-refractivity contribution is 9.10. The van der Waals surface area contributed by atoms with Gasteiger partial charge < -0.3 is 4.90 Å². The van der Waals surface area contributed by atoms with Gasteiger partial charge in [0.15, 0.2) is 0 Å². The van der Waals surface area contributed by atoms with E-state index in [0.29, 0.717) is 0 Å². The zero-order valence-electron chi connectivity index (χ0n) is 13.1. The lowest BCUT2D eigenvalue weighted by Gasteiger charge is -2.25. The van der Waals surface area contributed by atoms with Crippen molar-refractivity contribution in [3.63, 3.8) is 0 Å². The van der Waals surface area contributed by atoms with Gasteiger partial charge in [0.25, 0.3) is 0 Å². The van der Waals surface area contributed by atoms with E-state index in [-0.39, 0.29) is 18.0 Å². The number of benzene rings is 2. The molecule has 0 radical (unpaired) electrons. The summed E-state index contributed by atoms with van der Waals surface area (Å²) < 4.78 is 1.05. The minimum absolute atomic E-state index is 0.0464. The number of para-hydroxylation sites is 1. The molecule has 0 spiro atoms. The van der Waals surface area contributed by atoms with Crippen LogP contribution in [-0.2, 0) is 4.79 Å². The number of nitrogens with one attached hydrogen (secondary N) is 1. The Morgan fingerprint density at radius 3 is 2.27 bits per heavy atom. The molecule has 2 rings (SSSR count). The lowest BCUT2D eigenvalue weighted by Crippen LogP contribution is -2.44. The van der Waals surface area contributed by atoms with Crippen LogP contribution in [0.5, 0.6) is 0 Å². The van der Waals surface area contributed by atoms with Crippen LogP contribution in [0.4, 0.5) is 5.69 Å². The highest BCUT2D eigenvalue weighted by Gasteiger charge is 2.21. The first-order valence-electron chi connectivity index (χ1n) is 7.33. The quantitative estimate of drug-likeness (QED) is 0.868. The molecule has 1 N–H and O–H groups in total. The predicted octanol–water partition coefficient (Wildman–Crippen LogP) is 4.15. The summed E-state index contributed by atoms with van der Waals surface area (Å²) in [6, 6.07) is 17.5. The molecule has 0 bridgehead atoms. The molecule has 0 unspecified atom stereocenters. The van der Waals surface area contributed by atoms with E-state index in [1.807, 2.05) is 55.5 Å². The SMILES string of the molecule is C[C@@H](N[C@H](C)c1ccccc1Br)C(=O)N(C)c1ccccc1. The third-order valence-corrected chi connectivity index (χ3v) is 4.44. The first-order chi connectivity index (χ1) is 10.5. The van der Waals surface area contributed by atoms with Gasteiger partial charge in [-0.25, -0.2) is 0 Å². The maximum Gasteiger partial charge on any atom is 0.243 e. The maximum absolute atomic E-state index is 12.5. The topological polar surface area (TPSA) is 32.3 Å². The number of amides is 1. The molecule has 0 aromatic heterocycles. The minimum Gasteiger partial charge on any atom is -0.314 e. The number of rotatable bonds is 5. The fraction of sp³-hybridized carbons (Fsp3) is 0.278. The Balaban J connectivity index is 2.04. The van der Waals surface area contributed by atoms with Crippen molar-refractivity contribution in [1.82, 2.24) is 5.32 Å². The molecular formula is C18H21BrN2O. The van der Waals surface area contributed by atoms with Crippen molar-refractivity contribution in [2.75, 3.05) is 11.9 Å². The molecule has 0 fully saturated rings. The number of nitrogens with zero attached hydrogens (tertiary/aromatic N) is 1. The van der Waals surface area contributed by atoms with E-state index < -0.39 is 0 Å². The maximum atomic E-state index is 12.5. The number of hydrogen-bond donors (Lipinski definition) is 1. The van der Waals surface area contributed by atoms with Gasteiger partial charge in [0, 0.05) is 23.2 Å². The van der Waals surface area contributed by atoms with Crippen LogP contribution in [0.15, 0.2) is 59.1 Å². The monoisotopic (exact) mass is 360 g/mol. The van der Waals surface area contributed by atoms with E-state index >= 15 is 0 Å². The summed E-state index contributed by atoms with van der Waals surface area (Å²) >= 11 is 3.55. The largest absolute Gasteiger partial charge is 0.314 e. The highest BCUT2D eigenvalue weighted by Crippen LogP contribution is 2.23. The Labute approximate surface area is 140 Å². The van der Waals surface area contributed by atoms with Crippen LogP contribution < -0.4 is 10.2 Å². The van der Waals surface area contributed by atoms with Crippen molar-refractivity contribution in [3.8, 4) is 0 Å². The Hall–Kier alpha value is -1.65. The third kappa shape index (κ3) is 3.96. The Morgan fingerprint density at radius 1 is 1.05 bits per heavy atom. The van der Waals surface area contributed by atoms with Crippen LogP contribution in [0.2, 0.25) is 0 Å². The van der Waals surface area contributed by atoms with Gasteiger partial charge in [-0.05, 0) is 37.6 Å². The lowest BCUT2D eigenvalue weighted by molar-refractivity contribution is -0.120. The molecule has 0 aliphatic rings. The molecule has 2 atom stereocenters. The summed E-state index contributed by atoms with van der Waals surface area (Å²) in [5.74, 6) is 0.0464. The van der Waals surface area contributed by atoms with Crippen LogP contribution in [0, 0.1) is 0 Å². The van der Waals surface area contributed by atoms with Gasteiger partial charge in [-0.1, -0.05) is 52.3 Å². The summed E-state index contributed by atoms with van der Waals surface area (Å²) in [5, 5.41) is 3.37. The first-order valence-corrected chi connectivity index (χ1v) is 8.13. The van der Waals surface area contributed by atoms with Gasteiger partial charge in [0.2, 0.25) is 5.91 Å². The average Bonchev–Trinajstić information content (AvgIpc) is 2.54. The van der Waals surface area contributed by atoms with Crippen LogP contribution in [-0.4, -0.2) is 19.0 Å². The van der Waals surface area contributed by atoms with E-state index in [1.54, 1.807) is 11.9 Å². The lowest BCUT2D eigenvalue weighted by atomic mass is 10.1. The van der Waals surface area contributed by atoms with Crippen molar-refractivity contribution in [3.05, 3.63) is 64.6 Å². The number of hydrogen-bond acceptors (Lipinski definition) is 2. The molecule has 0 saturated carbocycles. The minimum atomic E-state index is -0.271. The summed E-state index contributed by atoms with van der Waals surface area (Å²) in [7, 11) is 1.80. The Bertz CT molecular complexity index is 630. The van der Waals surface area contributed by atoms with Gasteiger partial charge in [-0.2, -0.15) is 0 Å². The smallest absolute Gasteiger partial charge is 0.243 e. The average molecular weight is 361 g/mol.